The highest BCUT2D eigenvalue weighted by atomic mass is 14.7. The third kappa shape index (κ3) is 3.45. The van der Waals surface area contributed by atoms with Gasteiger partial charge in [0.25, 0.3) is 0 Å². The molecule has 0 amide bonds. The summed E-state index contributed by atoms with van der Waals surface area (Å²) in [5, 5.41) is 0. The van der Waals surface area contributed by atoms with Gasteiger partial charge in [0.2, 0.25) is 0 Å². The molecule has 0 saturated heterocycles. The largest absolute Gasteiger partial charge is 0.256 e. The molecule has 31 heavy (non-hydrogen) atoms. The van der Waals surface area contributed by atoms with Gasteiger partial charge in [0, 0.05) is 23.6 Å². The maximum absolute atomic E-state index is 4.87. The second-order valence-corrected chi connectivity index (χ2v) is 10.7. The number of benzene rings is 1. The van der Waals surface area contributed by atoms with E-state index < -0.39 is 0 Å². The van der Waals surface area contributed by atoms with Gasteiger partial charge in [0.15, 0.2) is 0 Å². The van der Waals surface area contributed by atoms with E-state index >= 15 is 0 Å². The van der Waals surface area contributed by atoms with E-state index in [2.05, 4.69) is 104 Å². The molecule has 160 valence electrons. The topological polar surface area (TPSA) is 12.9 Å². The van der Waals surface area contributed by atoms with Crippen molar-refractivity contribution in [3.05, 3.63) is 101 Å². The Morgan fingerprint density at radius 1 is 1.10 bits per heavy atom. The minimum absolute atomic E-state index is 0.00632. The first-order valence-corrected chi connectivity index (χ1v) is 11.4. The molecule has 0 N–H and O–H groups in total. The summed E-state index contributed by atoms with van der Waals surface area (Å²) in [4.78, 5) is 4.87. The Bertz CT molecular complexity index is 1130. The van der Waals surface area contributed by atoms with E-state index in [1.807, 2.05) is 12.3 Å². The summed E-state index contributed by atoms with van der Waals surface area (Å²) in [5.41, 5.74) is 10.8. The first-order chi connectivity index (χ1) is 14.6. The van der Waals surface area contributed by atoms with Crippen LogP contribution in [-0.4, -0.2) is 4.98 Å². The van der Waals surface area contributed by atoms with Gasteiger partial charge < -0.3 is 0 Å². The number of aryl methyl sites for hydroxylation is 1. The fraction of sp³-hybridized carbons (Fsp3) is 0.367. The van der Waals surface area contributed by atoms with Crippen molar-refractivity contribution >= 4 is 0 Å². The molecular weight excluding hydrogens is 374 g/mol. The second kappa shape index (κ2) is 7.48. The van der Waals surface area contributed by atoms with Gasteiger partial charge in [-0.05, 0) is 70.2 Å². The van der Waals surface area contributed by atoms with Gasteiger partial charge in [0.05, 0.1) is 5.69 Å². The van der Waals surface area contributed by atoms with E-state index in [1.165, 1.54) is 39.0 Å². The van der Waals surface area contributed by atoms with Crippen molar-refractivity contribution in [3.8, 4) is 11.3 Å². The van der Waals surface area contributed by atoms with Gasteiger partial charge in [-0.1, -0.05) is 83.7 Å². The Kier molecular flexibility index (Phi) is 5.20. The molecule has 1 aromatic heterocycles. The molecule has 1 nitrogen and oxygen atoms in total. The molecule has 0 fully saturated rings. The molecule has 1 heterocycles. The molecule has 2 aromatic rings. The Labute approximate surface area is 188 Å². The van der Waals surface area contributed by atoms with Crippen molar-refractivity contribution in [1.29, 1.82) is 0 Å². The summed E-state index contributed by atoms with van der Waals surface area (Å²) in [6.07, 6.45) is 12.9. The van der Waals surface area contributed by atoms with Crippen LogP contribution in [0.25, 0.3) is 11.3 Å². The second-order valence-electron chi connectivity index (χ2n) is 10.7. The molecule has 1 aromatic carbocycles. The maximum atomic E-state index is 4.87. The van der Waals surface area contributed by atoms with Crippen LogP contribution in [0, 0.1) is 12.8 Å². The Balaban J connectivity index is 1.96. The number of pyridine rings is 1. The lowest BCUT2D eigenvalue weighted by atomic mass is 9.68. The average molecular weight is 410 g/mol. The van der Waals surface area contributed by atoms with E-state index in [0.29, 0.717) is 11.8 Å². The molecule has 0 aliphatic heterocycles. The third-order valence-electron chi connectivity index (χ3n) is 7.22. The van der Waals surface area contributed by atoms with E-state index in [-0.39, 0.29) is 10.8 Å². The predicted octanol–water partition coefficient (Wildman–Crippen LogP) is 7.97. The number of aromatic nitrogens is 1. The van der Waals surface area contributed by atoms with Crippen molar-refractivity contribution in [2.45, 2.75) is 65.2 Å². The molecule has 0 spiro atoms. The third-order valence-corrected chi connectivity index (χ3v) is 7.22. The molecule has 2 atom stereocenters. The molecule has 0 bridgehead atoms. The van der Waals surface area contributed by atoms with Gasteiger partial charge in [-0.2, -0.15) is 0 Å². The van der Waals surface area contributed by atoms with Crippen LogP contribution in [-0.2, 0) is 10.8 Å². The molecule has 2 unspecified atom stereocenters. The van der Waals surface area contributed by atoms with Gasteiger partial charge in [0.1, 0.15) is 0 Å². The lowest BCUT2D eigenvalue weighted by molar-refractivity contribution is 0.379. The molecule has 1 heteroatoms. The Morgan fingerprint density at radius 3 is 2.52 bits per heavy atom. The van der Waals surface area contributed by atoms with Crippen molar-refractivity contribution in [1.82, 2.24) is 4.98 Å². The molecule has 2 aliphatic rings. The number of allylic oxidation sites excluding steroid dienone is 7. The van der Waals surface area contributed by atoms with Gasteiger partial charge in [-0.15, -0.1) is 0 Å². The highest BCUT2D eigenvalue weighted by Crippen LogP contribution is 2.59. The monoisotopic (exact) mass is 409 g/mol. The molecule has 2 aliphatic carbocycles. The van der Waals surface area contributed by atoms with E-state index in [1.54, 1.807) is 0 Å². The van der Waals surface area contributed by atoms with Crippen LogP contribution in [0.5, 0.6) is 0 Å². The normalized spacial score (nSPS) is 22.0. The number of rotatable bonds is 3. The summed E-state index contributed by atoms with van der Waals surface area (Å²) in [5.74, 6) is 0.804. The van der Waals surface area contributed by atoms with Crippen molar-refractivity contribution < 1.29 is 0 Å². The van der Waals surface area contributed by atoms with Crippen molar-refractivity contribution in [3.63, 3.8) is 0 Å². The van der Waals surface area contributed by atoms with Gasteiger partial charge in [-0.25, -0.2) is 0 Å². The predicted molar refractivity (Wildman–Crippen MR) is 134 cm³/mol. The highest BCUT2D eigenvalue weighted by molar-refractivity contribution is 5.75. The summed E-state index contributed by atoms with van der Waals surface area (Å²) < 4.78 is 0. The summed E-state index contributed by atoms with van der Waals surface area (Å²) in [7, 11) is 0. The summed E-state index contributed by atoms with van der Waals surface area (Å²) >= 11 is 0. The van der Waals surface area contributed by atoms with Crippen LogP contribution in [0.1, 0.15) is 69.7 Å². The minimum Gasteiger partial charge on any atom is -0.256 e. The van der Waals surface area contributed by atoms with Crippen LogP contribution in [0.2, 0.25) is 0 Å². The van der Waals surface area contributed by atoms with Crippen LogP contribution in [0.3, 0.4) is 0 Å². The van der Waals surface area contributed by atoms with Crippen LogP contribution in [0.4, 0.5) is 0 Å². The summed E-state index contributed by atoms with van der Waals surface area (Å²) in [6, 6.07) is 9.10. The Morgan fingerprint density at radius 2 is 1.84 bits per heavy atom. The first kappa shape index (κ1) is 21.6. The average Bonchev–Trinajstić information content (AvgIpc) is 2.94. The zero-order chi connectivity index (χ0) is 22.6. The van der Waals surface area contributed by atoms with E-state index in [0.717, 1.165) is 5.69 Å². The van der Waals surface area contributed by atoms with Gasteiger partial charge in [-0.3, -0.25) is 4.98 Å². The van der Waals surface area contributed by atoms with Crippen LogP contribution < -0.4 is 0 Å². The zero-order valence-electron chi connectivity index (χ0n) is 20.1. The highest BCUT2D eigenvalue weighted by Gasteiger charge is 2.49. The smallest absolute Gasteiger partial charge is 0.0710 e. The van der Waals surface area contributed by atoms with Gasteiger partial charge >= 0.3 is 0 Å². The fourth-order valence-corrected chi connectivity index (χ4v) is 5.64. The standard InChI is InChI=1S/C30H35N/c1-9-10-11-22-19(2)12-14-23-24-15-13-20(3)26(28(24)30(7,8)27(22)23)25-18-21(16-17-31-25)29(4,5)6/h9-18,23,27H,1H2,2-8H3/b11-10-. The minimum atomic E-state index is -0.00632. The van der Waals surface area contributed by atoms with Crippen LogP contribution >= 0.6 is 0 Å². The lowest BCUT2D eigenvalue weighted by Gasteiger charge is -2.35. The SMILES string of the molecule is C=C/C=C\C1=C(C)C=CC2c3ccc(C)c(-c4cc(C(C)(C)C)ccn4)c3C(C)(C)C12. The Hall–Kier alpha value is -2.67. The number of hydrogen-bond donors (Lipinski definition) is 0. The number of nitrogens with zero attached hydrogens (tertiary/aromatic N) is 1. The molecule has 4 rings (SSSR count). The number of fused-ring (bicyclic) bond motifs is 3. The first-order valence-electron chi connectivity index (χ1n) is 11.4. The van der Waals surface area contributed by atoms with E-state index in [4.69, 9.17) is 4.98 Å². The number of hydrogen-bond acceptors (Lipinski definition) is 1. The lowest BCUT2D eigenvalue weighted by Crippen LogP contribution is -2.29. The zero-order valence-corrected chi connectivity index (χ0v) is 20.1. The molecule has 0 radical (unpaired) electrons. The summed E-state index contributed by atoms with van der Waals surface area (Å²) in [6.45, 7) is 20.0. The van der Waals surface area contributed by atoms with E-state index in [9.17, 15) is 0 Å². The van der Waals surface area contributed by atoms with Crippen LogP contribution in [0.15, 0.2) is 78.6 Å². The quantitative estimate of drug-likeness (QED) is 0.468. The molecular formula is C30H35N. The fourth-order valence-electron chi connectivity index (χ4n) is 5.64. The van der Waals surface area contributed by atoms with Crippen molar-refractivity contribution in [2.75, 3.05) is 0 Å². The maximum Gasteiger partial charge on any atom is 0.0710 e. The molecule has 0 saturated carbocycles. The van der Waals surface area contributed by atoms with Crippen molar-refractivity contribution in [2.24, 2.45) is 5.92 Å².